The Kier molecular flexibility index (Phi) is 5.86. The van der Waals surface area contributed by atoms with Gasteiger partial charge in [-0.25, -0.2) is 4.68 Å². The SMILES string of the molecule is Cc1ccc(Br)cc1NC(=O)CCNC(=O)c1ccc(=O)n(C)n1. The first kappa shape index (κ1) is 17.9. The Balaban J connectivity index is 1.86. The number of aromatic nitrogens is 2. The predicted octanol–water partition coefficient (Wildman–Crippen LogP) is 1.61. The Bertz CT molecular complexity index is 832. The van der Waals surface area contributed by atoms with Gasteiger partial charge in [-0.2, -0.15) is 5.10 Å². The van der Waals surface area contributed by atoms with Gasteiger partial charge in [-0.1, -0.05) is 22.0 Å². The van der Waals surface area contributed by atoms with Crippen molar-refractivity contribution in [3.63, 3.8) is 0 Å². The summed E-state index contributed by atoms with van der Waals surface area (Å²) in [4.78, 5) is 35.1. The maximum Gasteiger partial charge on any atom is 0.271 e. The molecule has 0 aliphatic carbocycles. The standard InChI is InChI=1S/C16H17BrN4O3/c1-10-3-4-11(17)9-13(10)19-14(22)7-8-18-16(24)12-5-6-15(23)21(2)20-12/h3-6,9H,7-8H2,1-2H3,(H,18,24)(H,19,22). The summed E-state index contributed by atoms with van der Waals surface area (Å²) >= 11 is 3.36. The van der Waals surface area contributed by atoms with Gasteiger partial charge in [0.05, 0.1) is 0 Å². The molecule has 1 aromatic heterocycles. The Morgan fingerprint density at radius 1 is 1.25 bits per heavy atom. The number of rotatable bonds is 5. The van der Waals surface area contributed by atoms with E-state index in [-0.39, 0.29) is 30.1 Å². The molecule has 0 atom stereocenters. The first-order valence-corrected chi connectivity index (χ1v) is 8.04. The Labute approximate surface area is 147 Å². The summed E-state index contributed by atoms with van der Waals surface area (Å²) in [6, 6.07) is 8.23. The summed E-state index contributed by atoms with van der Waals surface area (Å²) in [5.74, 6) is -0.637. The van der Waals surface area contributed by atoms with Gasteiger partial charge in [0.2, 0.25) is 5.91 Å². The van der Waals surface area contributed by atoms with Crippen LogP contribution >= 0.6 is 15.9 Å². The molecule has 0 spiro atoms. The van der Waals surface area contributed by atoms with Gasteiger partial charge in [-0.3, -0.25) is 14.4 Å². The van der Waals surface area contributed by atoms with E-state index in [9.17, 15) is 14.4 Å². The lowest BCUT2D eigenvalue weighted by Crippen LogP contribution is -2.30. The number of aryl methyl sites for hydroxylation is 2. The van der Waals surface area contributed by atoms with Crippen LogP contribution in [0.1, 0.15) is 22.5 Å². The molecule has 0 unspecified atom stereocenters. The van der Waals surface area contributed by atoms with Crippen LogP contribution in [0.15, 0.2) is 39.6 Å². The normalized spacial score (nSPS) is 10.3. The molecule has 2 amide bonds. The molecule has 2 N–H and O–H groups in total. The number of anilines is 1. The Morgan fingerprint density at radius 3 is 2.71 bits per heavy atom. The number of hydrogen-bond acceptors (Lipinski definition) is 4. The minimum absolute atomic E-state index is 0.125. The summed E-state index contributed by atoms with van der Waals surface area (Å²) < 4.78 is 1.95. The third-order valence-electron chi connectivity index (χ3n) is 3.30. The Morgan fingerprint density at radius 2 is 2.00 bits per heavy atom. The molecule has 1 aromatic carbocycles. The lowest BCUT2D eigenvalue weighted by atomic mass is 10.2. The van der Waals surface area contributed by atoms with Crippen LogP contribution in [-0.2, 0) is 11.8 Å². The van der Waals surface area contributed by atoms with Gasteiger partial charge in [-0.15, -0.1) is 0 Å². The fourth-order valence-corrected chi connectivity index (χ4v) is 2.31. The van der Waals surface area contributed by atoms with Crippen molar-refractivity contribution in [3.05, 3.63) is 56.4 Å². The molecule has 126 valence electrons. The summed E-state index contributed by atoms with van der Waals surface area (Å²) in [5, 5.41) is 9.25. The van der Waals surface area contributed by atoms with Crippen LogP contribution in [0.2, 0.25) is 0 Å². The van der Waals surface area contributed by atoms with Crippen molar-refractivity contribution in [1.82, 2.24) is 15.1 Å². The predicted molar refractivity (Wildman–Crippen MR) is 93.9 cm³/mol. The van der Waals surface area contributed by atoms with Crippen LogP contribution in [0.5, 0.6) is 0 Å². The van der Waals surface area contributed by atoms with Crippen LogP contribution in [0.4, 0.5) is 5.69 Å². The second kappa shape index (κ2) is 7.87. The molecule has 0 saturated carbocycles. The largest absolute Gasteiger partial charge is 0.350 e. The highest BCUT2D eigenvalue weighted by atomic mass is 79.9. The van der Waals surface area contributed by atoms with E-state index in [4.69, 9.17) is 0 Å². The van der Waals surface area contributed by atoms with Crippen molar-refractivity contribution in [2.24, 2.45) is 7.05 Å². The minimum Gasteiger partial charge on any atom is -0.350 e. The fraction of sp³-hybridized carbons (Fsp3) is 0.250. The van der Waals surface area contributed by atoms with Crippen LogP contribution in [-0.4, -0.2) is 28.1 Å². The quantitative estimate of drug-likeness (QED) is 0.807. The molecule has 2 aromatic rings. The molecule has 8 heteroatoms. The molecule has 0 fully saturated rings. The van der Waals surface area contributed by atoms with Gasteiger partial charge in [-0.05, 0) is 30.7 Å². The molecule has 24 heavy (non-hydrogen) atoms. The number of nitrogens with one attached hydrogen (secondary N) is 2. The van der Waals surface area contributed by atoms with Crippen LogP contribution in [0, 0.1) is 6.92 Å². The molecule has 0 bridgehead atoms. The van der Waals surface area contributed by atoms with Crippen molar-refractivity contribution in [2.45, 2.75) is 13.3 Å². The van der Waals surface area contributed by atoms with Gasteiger partial charge < -0.3 is 10.6 Å². The summed E-state index contributed by atoms with van der Waals surface area (Å²) in [7, 11) is 1.47. The molecular formula is C16H17BrN4O3. The number of halogens is 1. The van der Waals surface area contributed by atoms with E-state index in [1.807, 2.05) is 25.1 Å². The van der Waals surface area contributed by atoms with Crippen molar-refractivity contribution in [1.29, 1.82) is 0 Å². The molecule has 0 saturated heterocycles. The van der Waals surface area contributed by atoms with Crippen molar-refractivity contribution >= 4 is 33.4 Å². The van der Waals surface area contributed by atoms with Gasteiger partial charge in [0.25, 0.3) is 11.5 Å². The monoisotopic (exact) mass is 392 g/mol. The van der Waals surface area contributed by atoms with E-state index in [2.05, 4.69) is 31.7 Å². The van der Waals surface area contributed by atoms with Crippen LogP contribution < -0.4 is 16.2 Å². The molecule has 2 rings (SSSR count). The van der Waals surface area contributed by atoms with E-state index in [0.29, 0.717) is 0 Å². The van der Waals surface area contributed by atoms with E-state index in [0.717, 1.165) is 20.4 Å². The second-order valence-corrected chi connectivity index (χ2v) is 6.11. The highest BCUT2D eigenvalue weighted by molar-refractivity contribution is 9.10. The number of carbonyl (C=O) groups excluding carboxylic acids is 2. The first-order chi connectivity index (χ1) is 11.4. The van der Waals surface area contributed by atoms with Gasteiger partial charge >= 0.3 is 0 Å². The highest BCUT2D eigenvalue weighted by Gasteiger charge is 2.10. The van der Waals surface area contributed by atoms with Crippen LogP contribution in [0.25, 0.3) is 0 Å². The lowest BCUT2D eigenvalue weighted by molar-refractivity contribution is -0.116. The topological polar surface area (TPSA) is 93.1 Å². The van der Waals surface area contributed by atoms with Gasteiger partial charge in [0.15, 0.2) is 0 Å². The van der Waals surface area contributed by atoms with E-state index in [1.54, 1.807) is 0 Å². The van der Waals surface area contributed by atoms with Crippen molar-refractivity contribution < 1.29 is 9.59 Å². The number of benzene rings is 1. The first-order valence-electron chi connectivity index (χ1n) is 7.25. The number of nitrogens with zero attached hydrogens (tertiary/aromatic N) is 2. The molecule has 7 nitrogen and oxygen atoms in total. The third kappa shape index (κ3) is 4.76. The summed E-state index contributed by atoms with van der Waals surface area (Å²) in [5.41, 5.74) is 1.50. The smallest absolute Gasteiger partial charge is 0.271 e. The third-order valence-corrected chi connectivity index (χ3v) is 3.80. The summed E-state index contributed by atoms with van der Waals surface area (Å²) in [6.07, 6.45) is 0.128. The second-order valence-electron chi connectivity index (χ2n) is 5.19. The average Bonchev–Trinajstić information content (AvgIpc) is 2.53. The molecule has 0 radical (unpaired) electrons. The lowest BCUT2D eigenvalue weighted by Gasteiger charge is -2.09. The molecule has 1 heterocycles. The maximum absolute atomic E-state index is 12.0. The van der Waals surface area contributed by atoms with E-state index >= 15 is 0 Å². The number of amides is 2. The molecule has 0 aliphatic heterocycles. The molecule has 0 aliphatic rings. The summed E-state index contributed by atoms with van der Waals surface area (Å²) in [6.45, 7) is 2.07. The fourth-order valence-electron chi connectivity index (χ4n) is 1.95. The Hall–Kier alpha value is -2.48. The highest BCUT2D eigenvalue weighted by Crippen LogP contribution is 2.20. The van der Waals surface area contributed by atoms with Crippen molar-refractivity contribution in [3.8, 4) is 0 Å². The van der Waals surface area contributed by atoms with Gasteiger partial charge in [0.1, 0.15) is 5.69 Å². The zero-order chi connectivity index (χ0) is 17.7. The number of hydrogen-bond donors (Lipinski definition) is 2. The number of carbonyl (C=O) groups is 2. The zero-order valence-corrected chi connectivity index (χ0v) is 14.9. The minimum atomic E-state index is -0.433. The zero-order valence-electron chi connectivity index (χ0n) is 13.3. The van der Waals surface area contributed by atoms with Crippen molar-refractivity contribution in [2.75, 3.05) is 11.9 Å². The average molecular weight is 393 g/mol. The van der Waals surface area contributed by atoms with E-state index < -0.39 is 5.91 Å². The van der Waals surface area contributed by atoms with Crippen LogP contribution in [0.3, 0.4) is 0 Å². The maximum atomic E-state index is 12.0. The molecular weight excluding hydrogens is 376 g/mol. The van der Waals surface area contributed by atoms with Gasteiger partial charge in [0, 0.05) is 36.2 Å². The van der Waals surface area contributed by atoms with E-state index in [1.165, 1.54) is 19.2 Å².